The number of benzene rings is 1. The highest BCUT2D eigenvalue weighted by atomic mass is 19.4. The Morgan fingerprint density at radius 1 is 1.00 bits per heavy atom. The van der Waals surface area contributed by atoms with Crippen LogP contribution in [0.25, 0.3) is 11.0 Å². The van der Waals surface area contributed by atoms with Gasteiger partial charge in [0.2, 0.25) is 5.91 Å². The molecular formula is C21H23F6N5O. The molecule has 2 aromatic rings. The van der Waals surface area contributed by atoms with Gasteiger partial charge in [0, 0.05) is 31.5 Å². The Bertz CT molecular complexity index is 1020. The van der Waals surface area contributed by atoms with Crippen molar-refractivity contribution >= 4 is 22.6 Å². The fraction of sp³-hybridized carbons (Fsp3) is 0.571. The number of nitrogens with zero attached hydrogens (tertiary/aromatic N) is 4. The minimum absolute atomic E-state index is 0.0925. The number of carbonyl (C=O) groups is 1. The Balaban J connectivity index is 1.62. The van der Waals surface area contributed by atoms with Gasteiger partial charge in [0.05, 0.1) is 23.1 Å². The minimum atomic E-state index is -4.69. The molecule has 0 saturated carbocycles. The molecule has 33 heavy (non-hydrogen) atoms. The van der Waals surface area contributed by atoms with Crippen LogP contribution in [0.4, 0.5) is 32.0 Å². The summed E-state index contributed by atoms with van der Waals surface area (Å²) in [7, 11) is 1.93. The molecular weight excluding hydrogens is 452 g/mol. The monoisotopic (exact) mass is 475 g/mol. The molecule has 0 unspecified atom stereocenters. The molecule has 0 spiro atoms. The summed E-state index contributed by atoms with van der Waals surface area (Å²) < 4.78 is 81.6. The number of halogens is 6. The fourth-order valence-corrected chi connectivity index (χ4v) is 4.59. The van der Waals surface area contributed by atoms with Gasteiger partial charge in [-0.3, -0.25) is 14.8 Å². The van der Waals surface area contributed by atoms with Crippen molar-refractivity contribution in [2.45, 2.75) is 31.2 Å². The number of rotatable bonds is 3. The summed E-state index contributed by atoms with van der Waals surface area (Å²) in [5.41, 5.74) is -1.51. The van der Waals surface area contributed by atoms with Gasteiger partial charge in [-0.1, -0.05) is 0 Å². The Morgan fingerprint density at radius 3 is 2.24 bits per heavy atom. The molecule has 6 nitrogen and oxygen atoms in total. The molecule has 0 bridgehead atoms. The van der Waals surface area contributed by atoms with E-state index in [1.807, 2.05) is 7.05 Å². The lowest BCUT2D eigenvalue weighted by molar-refractivity contribution is -0.182. The zero-order chi connectivity index (χ0) is 24.0. The maximum atomic E-state index is 13.8. The maximum absolute atomic E-state index is 13.8. The number of hydrogen-bond donors (Lipinski definition) is 1. The number of hydrogen-bond acceptors (Lipinski definition) is 5. The molecule has 2 fully saturated rings. The van der Waals surface area contributed by atoms with E-state index in [0.29, 0.717) is 12.8 Å². The molecule has 2 saturated heterocycles. The largest absolute Gasteiger partial charge is 0.418 e. The zero-order valence-electron chi connectivity index (χ0n) is 17.7. The number of piperidine rings is 1. The standard InChI is InChI=1S/C21H23F6N5O/c1-31-8-4-12(5-9-31)30-19(33)13-10-32(11-15(13)21(25,26)27)16-3-2-14(20(22,23)24)17-18(16)29-7-6-28-17/h2-3,6-7,12-13,15H,4-5,8-11H2,1H3,(H,30,33)/t13-,15-/m0/s1. The van der Waals surface area contributed by atoms with Crippen molar-refractivity contribution in [3.05, 3.63) is 30.1 Å². The Labute approximate surface area is 186 Å². The molecule has 0 aliphatic carbocycles. The molecule has 1 amide bonds. The van der Waals surface area contributed by atoms with Gasteiger partial charge in [-0.05, 0) is 45.1 Å². The van der Waals surface area contributed by atoms with E-state index in [2.05, 4.69) is 20.2 Å². The molecule has 180 valence electrons. The molecule has 2 atom stereocenters. The number of nitrogens with one attached hydrogen (secondary N) is 1. The van der Waals surface area contributed by atoms with Crippen molar-refractivity contribution in [3.8, 4) is 0 Å². The van der Waals surface area contributed by atoms with Crippen molar-refractivity contribution in [2.75, 3.05) is 38.1 Å². The summed E-state index contributed by atoms with van der Waals surface area (Å²) in [5.74, 6) is -4.01. The van der Waals surface area contributed by atoms with Gasteiger partial charge in [-0.25, -0.2) is 0 Å². The maximum Gasteiger partial charge on any atom is 0.418 e. The Hall–Kier alpha value is -2.63. The average Bonchev–Trinajstić information content (AvgIpc) is 3.20. The lowest BCUT2D eigenvalue weighted by atomic mass is 9.93. The van der Waals surface area contributed by atoms with Crippen LogP contribution in [0.1, 0.15) is 18.4 Å². The number of aromatic nitrogens is 2. The van der Waals surface area contributed by atoms with Gasteiger partial charge in [0.1, 0.15) is 11.0 Å². The van der Waals surface area contributed by atoms with Crippen LogP contribution in [0.15, 0.2) is 24.5 Å². The van der Waals surface area contributed by atoms with Crippen molar-refractivity contribution in [3.63, 3.8) is 0 Å². The number of anilines is 1. The van der Waals surface area contributed by atoms with E-state index in [1.165, 1.54) is 11.1 Å². The Morgan fingerprint density at radius 2 is 1.64 bits per heavy atom. The van der Waals surface area contributed by atoms with Crippen LogP contribution in [-0.4, -0.2) is 66.2 Å². The number of fused-ring (bicyclic) bond motifs is 1. The highest BCUT2D eigenvalue weighted by molar-refractivity contribution is 5.91. The van der Waals surface area contributed by atoms with E-state index < -0.39 is 47.7 Å². The number of amides is 1. The van der Waals surface area contributed by atoms with Gasteiger partial charge >= 0.3 is 12.4 Å². The van der Waals surface area contributed by atoms with Crippen LogP contribution in [0.5, 0.6) is 0 Å². The second-order valence-corrected chi connectivity index (χ2v) is 8.63. The first kappa shape index (κ1) is 23.5. The minimum Gasteiger partial charge on any atom is -0.368 e. The second-order valence-electron chi connectivity index (χ2n) is 8.63. The van der Waals surface area contributed by atoms with E-state index in [9.17, 15) is 31.1 Å². The van der Waals surface area contributed by atoms with E-state index in [0.717, 1.165) is 31.4 Å². The molecule has 2 aliphatic heterocycles. The number of carbonyl (C=O) groups excluding carboxylic acids is 1. The van der Waals surface area contributed by atoms with Crippen molar-refractivity contribution in [1.82, 2.24) is 20.2 Å². The van der Waals surface area contributed by atoms with Crippen molar-refractivity contribution < 1.29 is 31.1 Å². The molecule has 0 radical (unpaired) electrons. The zero-order valence-corrected chi connectivity index (χ0v) is 17.7. The predicted octanol–water partition coefficient (Wildman–Crippen LogP) is 3.47. The first-order valence-electron chi connectivity index (χ1n) is 10.6. The smallest absolute Gasteiger partial charge is 0.368 e. The molecule has 1 aromatic carbocycles. The van der Waals surface area contributed by atoms with E-state index in [1.54, 1.807) is 0 Å². The van der Waals surface area contributed by atoms with Crippen LogP contribution >= 0.6 is 0 Å². The summed E-state index contributed by atoms with van der Waals surface area (Å²) >= 11 is 0. The SMILES string of the molecule is CN1CCC(NC(=O)[C@H]2CN(c3ccc(C(F)(F)F)c4nccnc34)C[C@@H]2C(F)(F)F)CC1. The van der Waals surface area contributed by atoms with Gasteiger partial charge in [-0.2, -0.15) is 26.3 Å². The summed E-state index contributed by atoms with van der Waals surface area (Å²) in [5, 5.41) is 2.75. The summed E-state index contributed by atoms with van der Waals surface area (Å²) in [4.78, 5) is 24.0. The molecule has 3 heterocycles. The van der Waals surface area contributed by atoms with Crippen LogP contribution in [-0.2, 0) is 11.0 Å². The van der Waals surface area contributed by atoms with E-state index in [-0.39, 0.29) is 23.8 Å². The molecule has 1 N–H and O–H groups in total. The van der Waals surface area contributed by atoms with Crippen LogP contribution in [0.2, 0.25) is 0 Å². The third-order valence-electron chi connectivity index (χ3n) is 6.39. The fourth-order valence-electron chi connectivity index (χ4n) is 4.59. The Kier molecular flexibility index (Phi) is 6.14. The number of likely N-dealkylation sites (tertiary alicyclic amines) is 1. The molecule has 4 rings (SSSR count). The van der Waals surface area contributed by atoms with Gasteiger partial charge in [0.15, 0.2) is 0 Å². The van der Waals surface area contributed by atoms with Crippen LogP contribution in [0, 0.1) is 11.8 Å². The first-order chi connectivity index (χ1) is 15.4. The molecule has 1 aromatic heterocycles. The van der Waals surface area contributed by atoms with Crippen LogP contribution < -0.4 is 10.2 Å². The van der Waals surface area contributed by atoms with E-state index >= 15 is 0 Å². The third-order valence-corrected chi connectivity index (χ3v) is 6.39. The van der Waals surface area contributed by atoms with Gasteiger partial charge < -0.3 is 15.1 Å². The highest BCUT2D eigenvalue weighted by Crippen LogP contribution is 2.42. The summed E-state index contributed by atoms with van der Waals surface area (Å²) in [6.45, 7) is 0.646. The van der Waals surface area contributed by atoms with Crippen molar-refractivity contribution in [1.29, 1.82) is 0 Å². The normalized spacial score (nSPS) is 23.3. The second kappa shape index (κ2) is 8.62. The molecule has 2 aliphatic rings. The van der Waals surface area contributed by atoms with E-state index in [4.69, 9.17) is 0 Å². The van der Waals surface area contributed by atoms with Gasteiger partial charge in [-0.15, -0.1) is 0 Å². The predicted molar refractivity (Wildman–Crippen MR) is 108 cm³/mol. The first-order valence-corrected chi connectivity index (χ1v) is 10.6. The third kappa shape index (κ3) is 4.85. The molecule has 12 heteroatoms. The highest BCUT2D eigenvalue weighted by Gasteiger charge is 2.53. The van der Waals surface area contributed by atoms with Crippen molar-refractivity contribution in [2.24, 2.45) is 11.8 Å². The topological polar surface area (TPSA) is 61.4 Å². The number of alkyl halides is 6. The lowest BCUT2D eigenvalue weighted by Gasteiger charge is -2.31. The quantitative estimate of drug-likeness (QED) is 0.689. The summed E-state index contributed by atoms with van der Waals surface area (Å²) in [6, 6.07) is 1.69. The van der Waals surface area contributed by atoms with Crippen LogP contribution in [0.3, 0.4) is 0 Å². The summed E-state index contributed by atoms with van der Waals surface area (Å²) in [6.07, 6.45) is -5.75. The van der Waals surface area contributed by atoms with Gasteiger partial charge in [0.25, 0.3) is 0 Å². The lowest BCUT2D eigenvalue weighted by Crippen LogP contribution is -2.48. The average molecular weight is 475 g/mol.